The Balaban J connectivity index is 1.82. The van der Waals surface area contributed by atoms with Crippen LogP contribution in [-0.4, -0.2) is 60.7 Å². The van der Waals surface area contributed by atoms with Crippen LogP contribution >= 0.6 is 0 Å². The molecule has 6 nitrogen and oxygen atoms in total. The van der Waals surface area contributed by atoms with Gasteiger partial charge in [0, 0.05) is 27.2 Å². The first-order valence-electron chi connectivity index (χ1n) is 7.56. The van der Waals surface area contributed by atoms with Gasteiger partial charge in [-0.1, -0.05) is 30.3 Å². The Hall–Kier alpha value is -2.24. The van der Waals surface area contributed by atoms with Gasteiger partial charge in [-0.2, -0.15) is 5.01 Å². The summed E-state index contributed by atoms with van der Waals surface area (Å²) in [6.07, 6.45) is 1.86. The lowest BCUT2D eigenvalue weighted by Crippen LogP contribution is -2.42. The van der Waals surface area contributed by atoms with Crippen LogP contribution in [0.5, 0.6) is 0 Å². The molecule has 1 atom stereocenters. The zero-order chi connectivity index (χ0) is 16.1. The molecular weight excluding hydrogens is 278 g/mol. The number of nitrogens with one attached hydrogen (secondary N) is 1. The second-order valence-electron chi connectivity index (χ2n) is 5.91. The molecule has 1 unspecified atom stereocenters. The van der Waals surface area contributed by atoms with Crippen molar-refractivity contribution in [2.45, 2.75) is 25.8 Å². The monoisotopic (exact) mass is 303 g/mol. The highest BCUT2D eigenvalue weighted by Gasteiger charge is 2.26. The van der Waals surface area contributed by atoms with Crippen molar-refractivity contribution < 1.29 is 4.79 Å². The number of urea groups is 1. The van der Waals surface area contributed by atoms with Crippen LogP contribution < -0.4 is 5.32 Å². The molecule has 22 heavy (non-hydrogen) atoms. The molecule has 0 fully saturated rings. The maximum atomic E-state index is 12.2. The third-order valence-electron chi connectivity index (χ3n) is 3.61. The molecule has 1 N–H and O–H groups in total. The summed E-state index contributed by atoms with van der Waals surface area (Å²) in [4.78, 5) is 16.1. The summed E-state index contributed by atoms with van der Waals surface area (Å²) < 4.78 is 0. The normalized spacial score (nSPS) is 15.5. The smallest absolute Gasteiger partial charge is 0.339 e. The molecule has 0 radical (unpaired) electrons. The minimum atomic E-state index is -0.149. The predicted molar refractivity (Wildman–Crippen MR) is 88.3 cm³/mol. The van der Waals surface area contributed by atoms with E-state index in [0.717, 1.165) is 18.8 Å². The Labute approximate surface area is 132 Å². The number of hydrogen-bond donors (Lipinski definition) is 1. The van der Waals surface area contributed by atoms with Gasteiger partial charge in [0.15, 0.2) is 0 Å². The summed E-state index contributed by atoms with van der Waals surface area (Å²) in [6, 6.07) is 10.3. The summed E-state index contributed by atoms with van der Waals surface area (Å²) in [5.41, 5.74) is 1.29. The molecule has 0 aliphatic carbocycles. The van der Waals surface area contributed by atoms with E-state index in [2.05, 4.69) is 22.6 Å². The second-order valence-corrected chi connectivity index (χ2v) is 5.91. The summed E-state index contributed by atoms with van der Waals surface area (Å²) in [5, 5.41) is 8.80. The van der Waals surface area contributed by atoms with E-state index in [1.807, 2.05) is 56.1 Å². The van der Waals surface area contributed by atoms with Gasteiger partial charge < -0.3 is 15.1 Å². The SMILES string of the molecule is CC(CCc1ccccc1)NC(=O)N1CN(C)C(N(C)C)=N1. The molecule has 0 aromatic heterocycles. The van der Waals surface area contributed by atoms with Gasteiger partial charge in [0.2, 0.25) is 5.96 Å². The number of rotatable bonds is 4. The van der Waals surface area contributed by atoms with Crippen LogP contribution in [0.4, 0.5) is 4.79 Å². The van der Waals surface area contributed by atoms with Gasteiger partial charge in [-0.3, -0.25) is 0 Å². The van der Waals surface area contributed by atoms with E-state index < -0.39 is 0 Å². The van der Waals surface area contributed by atoms with Crippen molar-refractivity contribution in [2.24, 2.45) is 5.10 Å². The van der Waals surface area contributed by atoms with Gasteiger partial charge in [0.25, 0.3) is 0 Å². The molecule has 1 aliphatic heterocycles. The highest BCUT2D eigenvalue weighted by atomic mass is 16.2. The summed E-state index contributed by atoms with van der Waals surface area (Å²) in [7, 11) is 5.75. The van der Waals surface area contributed by atoms with Crippen molar-refractivity contribution in [1.82, 2.24) is 20.1 Å². The maximum absolute atomic E-state index is 12.2. The fourth-order valence-electron chi connectivity index (χ4n) is 2.41. The van der Waals surface area contributed by atoms with E-state index in [-0.39, 0.29) is 12.1 Å². The van der Waals surface area contributed by atoms with Crippen LogP contribution in [0.3, 0.4) is 0 Å². The third kappa shape index (κ3) is 4.13. The molecule has 0 spiro atoms. The number of hydrazone groups is 1. The lowest BCUT2D eigenvalue weighted by molar-refractivity contribution is 0.189. The van der Waals surface area contributed by atoms with E-state index in [9.17, 15) is 4.79 Å². The van der Waals surface area contributed by atoms with Crippen molar-refractivity contribution in [3.8, 4) is 0 Å². The molecule has 1 heterocycles. The second kappa shape index (κ2) is 7.15. The number of nitrogens with zero attached hydrogens (tertiary/aromatic N) is 4. The van der Waals surface area contributed by atoms with E-state index in [4.69, 9.17) is 0 Å². The third-order valence-corrected chi connectivity index (χ3v) is 3.61. The van der Waals surface area contributed by atoms with Crippen LogP contribution in [0.2, 0.25) is 0 Å². The Kier molecular flexibility index (Phi) is 5.25. The molecule has 0 bridgehead atoms. The highest BCUT2D eigenvalue weighted by molar-refractivity contribution is 5.84. The topological polar surface area (TPSA) is 51.2 Å². The average molecular weight is 303 g/mol. The number of aryl methyl sites for hydroxylation is 1. The molecular formula is C16H25N5O. The standard InChI is InChI=1S/C16H25N5O/c1-13(10-11-14-8-6-5-7-9-14)17-16(22)21-12-20(4)15(18-21)19(2)3/h5-9,13H,10-12H2,1-4H3,(H,17,22). The van der Waals surface area contributed by atoms with E-state index in [1.165, 1.54) is 10.6 Å². The molecule has 0 saturated carbocycles. The fraction of sp³-hybridized carbons (Fsp3) is 0.500. The number of hydrogen-bond acceptors (Lipinski definition) is 4. The summed E-state index contributed by atoms with van der Waals surface area (Å²) >= 11 is 0. The molecule has 1 aromatic rings. The summed E-state index contributed by atoms with van der Waals surface area (Å²) in [6.45, 7) is 2.50. The first kappa shape index (κ1) is 16.1. The van der Waals surface area contributed by atoms with E-state index >= 15 is 0 Å². The van der Waals surface area contributed by atoms with Crippen molar-refractivity contribution >= 4 is 12.0 Å². The predicted octanol–water partition coefficient (Wildman–Crippen LogP) is 1.75. The van der Waals surface area contributed by atoms with Crippen LogP contribution in [0.15, 0.2) is 35.4 Å². The van der Waals surface area contributed by atoms with E-state index in [0.29, 0.717) is 6.67 Å². The number of carbonyl (C=O) groups excluding carboxylic acids is 1. The van der Waals surface area contributed by atoms with Crippen molar-refractivity contribution in [3.05, 3.63) is 35.9 Å². The van der Waals surface area contributed by atoms with Gasteiger partial charge in [-0.25, -0.2) is 4.79 Å². The Bertz CT molecular complexity index is 529. The molecule has 1 aromatic carbocycles. The molecule has 2 amide bonds. The zero-order valence-electron chi connectivity index (χ0n) is 13.8. The number of amides is 2. The molecule has 0 saturated heterocycles. The molecule has 1 aliphatic rings. The Morgan fingerprint density at radius 1 is 1.36 bits per heavy atom. The highest BCUT2D eigenvalue weighted by Crippen LogP contribution is 2.09. The van der Waals surface area contributed by atoms with Crippen LogP contribution in [0.25, 0.3) is 0 Å². The van der Waals surface area contributed by atoms with Gasteiger partial charge in [0.05, 0.1) is 0 Å². The Morgan fingerprint density at radius 2 is 2.05 bits per heavy atom. The molecule has 2 rings (SSSR count). The largest absolute Gasteiger partial charge is 0.347 e. The van der Waals surface area contributed by atoms with Gasteiger partial charge in [0.1, 0.15) is 6.67 Å². The quantitative estimate of drug-likeness (QED) is 0.922. The number of guanidine groups is 1. The Morgan fingerprint density at radius 3 is 2.64 bits per heavy atom. The average Bonchev–Trinajstić information content (AvgIpc) is 2.88. The fourth-order valence-corrected chi connectivity index (χ4v) is 2.41. The number of carbonyl (C=O) groups is 1. The van der Waals surface area contributed by atoms with Crippen molar-refractivity contribution in [3.63, 3.8) is 0 Å². The van der Waals surface area contributed by atoms with Crippen LogP contribution in [0, 0.1) is 0 Å². The first-order valence-corrected chi connectivity index (χ1v) is 7.56. The minimum Gasteiger partial charge on any atom is -0.347 e. The van der Waals surface area contributed by atoms with Crippen LogP contribution in [-0.2, 0) is 6.42 Å². The van der Waals surface area contributed by atoms with E-state index in [1.54, 1.807) is 0 Å². The van der Waals surface area contributed by atoms with Gasteiger partial charge in [-0.15, -0.1) is 5.10 Å². The minimum absolute atomic E-state index is 0.108. The maximum Gasteiger partial charge on any atom is 0.339 e. The lowest BCUT2D eigenvalue weighted by Gasteiger charge is -2.20. The first-order chi connectivity index (χ1) is 10.5. The molecule has 120 valence electrons. The van der Waals surface area contributed by atoms with Crippen LogP contribution in [0.1, 0.15) is 18.9 Å². The zero-order valence-corrected chi connectivity index (χ0v) is 13.8. The van der Waals surface area contributed by atoms with Crippen molar-refractivity contribution in [2.75, 3.05) is 27.8 Å². The summed E-state index contributed by atoms with van der Waals surface area (Å²) in [5.74, 6) is 0.784. The van der Waals surface area contributed by atoms with Gasteiger partial charge in [-0.05, 0) is 25.3 Å². The van der Waals surface area contributed by atoms with Crippen molar-refractivity contribution in [1.29, 1.82) is 0 Å². The molecule has 6 heteroatoms. The lowest BCUT2D eigenvalue weighted by atomic mass is 10.1. The van der Waals surface area contributed by atoms with Gasteiger partial charge >= 0.3 is 6.03 Å². The number of benzene rings is 1.